The molecule has 0 atom stereocenters. The first-order valence-electron chi connectivity index (χ1n) is 5.86. The molecular formula is C14H16F2N2. The summed E-state index contributed by atoms with van der Waals surface area (Å²) in [5.41, 5.74) is 6.14. The van der Waals surface area contributed by atoms with Crippen molar-refractivity contribution in [2.24, 2.45) is 11.1 Å². The monoisotopic (exact) mass is 250 g/mol. The van der Waals surface area contributed by atoms with Gasteiger partial charge in [-0.1, -0.05) is 13.8 Å². The Morgan fingerprint density at radius 2 is 2.00 bits per heavy atom. The Labute approximate surface area is 105 Å². The van der Waals surface area contributed by atoms with E-state index in [0.717, 1.165) is 6.07 Å². The number of nitrogens with two attached hydrogens (primary N) is 1. The average Bonchev–Trinajstić information content (AvgIpc) is 2.27. The molecular weight excluding hydrogens is 234 g/mol. The second kappa shape index (κ2) is 4.61. The summed E-state index contributed by atoms with van der Waals surface area (Å²) in [6, 6.07) is 3.82. The third-order valence-corrected chi connectivity index (χ3v) is 3.06. The summed E-state index contributed by atoms with van der Waals surface area (Å²) < 4.78 is 27.0. The van der Waals surface area contributed by atoms with Crippen LogP contribution in [-0.2, 0) is 6.42 Å². The van der Waals surface area contributed by atoms with Crippen molar-refractivity contribution in [1.82, 2.24) is 4.98 Å². The SMILES string of the molecule is CC(C)(CN)Cc1nccc2cc(F)cc(F)c12. The number of hydrogen-bond acceptors (Lipinski definition) is 2. The molecule has 0 bridgehead atoms. The van der Waals surface area contributed by atoms with Crippen LogP contribution < -0.4 is 5.73 Å². The van der Waals surface area contributed by atoms with Gasteiger partial charge >= 0.3 is 0 Å². The van der Waals surface area contributed by atoms with Gasteiger partial charge in [-0.15, -0.1) is 0 Å². The van der Waals surface area contributed by atoms with E-state index in [0.29, 0.717) is 29.4 Å². The van der Waals surface area contributed by atoms with Crippen molar-refractivity contribution in [1.29, 1.82) is 0 Å². The van der Waals surface area contributed by atoms with Crippen LogP contribution >= 0.6 is 0 Å². The summed E-state index contributed by atoms with van der Waals surface area (Å²) in [4.78, 5) is 4.21. The van der Waals surface area contributed by atoms with E-state index in [9.17, 15) is 8.78 Å². The first-order valence-corrected chi connectivity index (χ1v) is 5.86. The first-order chi connectivity index (χ1) is 8.43. The minimum absolute atomic E-state index is 0.165. The fraction of sp³-hybridized carbons (Fsp3) is 0.357. The van der Waals surface area contributed by atoms with E-state index in [1.807, 2.05) is 13.8 Å². The normalized spacial score (nSPS) is 12.1. The Balaban J connectivity index is 2.58. The molecule has 2 nitrogen and oxygen atoms in total. The first kappa shape index (κ1) is 12.9. The van der Waals surface area contributed by atoms with Crippen LogP contribution in [-0.4, -0.2) is 11.5 Å². The molecule has 0 fully saturated rings. The summed E-state index contributed by atoms with van der Waals surface area (Å²) in [6.45, 7) is 4.47. The van der Waals surface area contributed by atoms with E-state index in [2.05, 4.69) is 4.98 Å². The molecule has 0 radical (unpaired) electrons. The van der Waals surface area contributed by atoms with Crippen LogP contribution in [0, 0.1) is 17.0 Å². The Morgan fingerprint density at radius 3 is 2.67 bits per heavy atom. The van der Waals surface area contributed by atoms with Crippen LogP contribution in [0.25, 0.3) is 10.8 Å². The van der Waals surface area contributed by atoms with Gasteiger partial charge in [0.1, 0.15) is 11.6 Å². The van der Waals surface area contributed by atoms with E-state index >= 15 is 0 Å². The molecule has 0 spiro atoms. The van der Waals surface area contributed by atoms with Gasteiger partial charge in [-0.05, 0) is 35.9 Å². The van der Waals surface area contributed by atoms with Crippen LogP contribution in [0.4, 0.5) is 8.78 Å². The van der Waals surface area contributed by atoms with E-state index in [1.165, 1.54) is 6.07 Å². The number of halogens is 2. The fourth-order valence-corrected chi connectivity index (χ4v) is 1.96. The number of aromatic nitrogens is 1. The number of fused-ring (bicyclic) bond motifs is 1. The number of nitrogens with zero attached hydrogens (tertiary/aromatic N) is 1. The van der Waals surface area contributed by atoms with E-state index in [1.54, 1.807) is 12.3 Å². The van der Waals surface area contributed by atoms with E-state index in [-0.39, 0.29) is 5.41 Å². The predicted molar refractivity (Wildman–Crippen MR) is 68.2 cm³/mol. The molecule has 0 saturated carbocycles. The van der Waals surface area contributed by atoms with Crippen molar-refractivity contribution in [3.8, 4) is 0 Å². The van der Waals surface area contributed by atoms with Gasteiger partial charge < -0.3 is 5.73 Å². The van der Waals surface area contributed by atoms with Gasteiger partial charge in [0.25, 0.3) is 0 Å². The van der Waals surface area contributed by atoms with Crippen LogP contribution in [0.3, 0.4) is 0 Å². The smallest absolute Gasteiger partial charge is 0.135 e. The maximum atomic E-state index is 13.9. The zero-order valence-corrected chi connectivity index (χ0v) is 10.5. The molecule has 96 valence electrons. The van der Waals surface area contributed by atoms with E-state index < -0.39 is 11.6 Å². The van der Waals surface area contributed by atoms with Crippen LogP contribution in [0.1, 0.15) is 19.5 Å². The number of benzene rings is 1. The lowest BCUT2D eigenvalue weighted by molar-refractivity contribution is 0.373. The molecule has 1 aromatic carbocycles. The van der Waals surface area contributed by atoms with Crippen molar-refractivity contribution >= 4 is 10.8 Å². The molecule has 2 N–H and O–H groups in total. The Bertz CT molecular complexity index is 579. The molecule has 0 unspecified atom stereocenters. The molecule has 4 heteroatoms. The minimum atomic E-state index is -0.574. The summed E-state index contributed by atoms with van der Waals surface area (Å²) in [5, 5.41) is 0.922. The summed E-state index contributed by atoms with van der Waals surface area (Å²) >= 11 is 0. The second-order valence-corrected chi connectivity index (χ2v) is 5.29. The van der Waals surface area contributed by atoms with Gasteiger partial charge in [-0.25, -0.2) is 8.78 Å². The molecule has 2 aromatic rings. The van der Waals surface area contributed by atoms with Gasteiger partial charge in [0.05, 0.1) is 5.69 Å². The molecule has 0 aliphatic heterocycles. The lowest BCUT2D eigenvalue weighted by atomic mass is 9.86. The lowest BCUT2D eigenvalue weighted by Gasteiger charge is -2.22. The molecule has 0 aliphatic rings. The van der Waals surface area contributed by atoms with Crippen molar-refractivity contribution in [3.63, 3.8) is 0 Å². The number of pyridine rings is 1. The maximum Gasteiger partial charge on any atom is 0.135 e. The van der Waals surface area contributed by atoms with Gasteiger partial charge in [-0.2, -0.15) is 0 Å². The highest BCUT2D eigenvalue weighted by Gasteiger charge is 2.20. The highest BCUT2D eigenvalue weighted by atomic mass is 19.1. The molecule has 2 rings (SSSR count). The van der Waals surface area contributed by atoms with Crippen LogP contribution in [0.5, 0.6) is 0 Å². The van der Waals surface area contributed by atoms with Crippen molar-refractivity contribution < 1.29 is 8.78 Å². The Morgan fingerprint density at radius 1 is 1.28 bits per heavy atom. The average molecular weight is 250 g/mol. The Hall–Kier alpha value is -1.55. The standard InChI is InChI=1S/C14H16F2N2/c1-14(2,8-17)7-12-13-9(3-4-18-12)5-10(15)6-11(13)16/h3-6H,7-8,17H2,1-2H3. The van der Waals surface area contributed by atoms with Crippen molar-refractivity contribution in [3.05, 3.63) is 41.7 Å². The minimum Gasteiger partial charge on any atom is -0.330 e. The largest absolute Gasteiger partial charge is 0.330 e. The highest BCUT2D eigenvalue weighted by Crippen LogP contribution is 2.27. The number of rotatable bonds is 3. The Kier molecular flexibility index (Phi) is 3.30. The van der Waals surface area contributed by atoms with Crippen LogP contribution in [0.15, 0.2) is 24.4 Å². The predicted octanol–water partition coefficient (Wildman–Crippen LogP) is 3.04. The van der Waals surface area contributed by atoms with Crippen LogP contribution in [0.2, 0.25) is 0 Å². The summed E-state index contributed by atoms with van der Waals surface area (Å²) in [6.07, 6.45) is 2.13. The van der Waals surface area contributed by atoms with Gasteiger partial charge in [-0.3, -0.25) is 4.98 Å². The summed E-state index contributed by atoms with van der Waals surface area (Å²) in [7, 11) is 0. The molecule has 1 heterocycles. The molecule has 1 aromatic heterocycles. The zero-order valence-electron chi connectivity index (χ0n) is 10.5. The maximum absolute atomic E-state index is 13.9. The third-order valence-electron chi connectivity index (χ3n) is 3.06. The molecule has 18 heavy (non-hydrogen) atoms. The molecule has 0 saturated heterocycles. The third kappa shape index (κ3) is 2.48. The lowest BCUT2D eigenvalue weighted by Crippen LogP contribution is -2.26. The fourth-order valence-electron chi connectivity index (χ4n) is 1.96. The van der Waals surface area contributed by atoms with Crippen molar-refractivity contribution in [2.75, 3.05) is 6.54 Å². The molecule has 0 amide bonds. The zero-order chi connectivity index (χ0) is 13.3. The number of hydrogen-bond donors (Lipinski definition) is 1. The highest BCUT2D eigenvalue weighted by molar-refractivity contribution is 5.85. The van der Waals surface area contributed by atoms with Gasteiger partial charge in [0.2, 0.25) is 0 Å². The quantitative estimate of drug-likeness (QED) is 0.909. The topological polar surface area (TPSA) is 38.9 Å². The molecule has 0 aliphatic carbocycles. The van der Waals surface area contributed by atoms with Gasteiger partial charge in [0.15, 0.2) is 0 Å². The van der Waals surface area contributed by atoms with Gasteiger partial charge in [0, 0.05) is 17.6 Å². The van der Waals surface area contributed by atoms with E-state index in [4.69, 9.17) is 5.73 Å². The second-order valence-electron chi connectivity index (χ2n) is 5.29. The van der Waals surface area contributed by atoms with Crippen molar-refractivity contribution in [2.45, 2.75) is 20.3 Å². The summed E-state index contributed by atoms with van der Waals surface area (Å²) in [5.74, 6) is -1.14.